The predicted octanol–water partition coefficient (Wildman–Crippen LogP) is 0.548. The zero-order chi connectivity index (χ0) is 12.3. The molecule has 5 nitrogen and oxygen atoms in total. The predicted molar refractivity (Wildman–Crippen MR) is 63.0 cm³/mol. The van der Waals surface area contributed by atoms with Crippen molar-refractivity contribution in [1.82, 2.24) is 5.32 Å². The summed E-state index contributed by atoms with van der Waals surface area (Å²) >= 11 is 0. The fraction of sp³-hybridized carbons (Fsp3) is 0.333. The number of hydrogen-bond acceptors (Lipinski definition) is 3. The number of amides is 2. The smallest absolute Gasteiger partial charge is 0.265 e. The highest BCUT2D eigenvalue weighted by Gasteiger charge is 2.26. The van der Waals surface area contributed by atoms with E-state index in [0.717, 1.165) is 0 Å². The largest absolute Gasteiger partial charge is 0.482 e. The van der Waals surface area contributed by atoms with E-state index in [1.54, 1.807) is 12.1 Å². The van der Waals surface area contributed by atoms with Crippen molar-refractivity contribution in [3.63, 3.8) is 0 Å². The van der Waals surface area contributed by atoms with Crippen LogP contribution in [0.5, 0.6) is 5.75 Å². The summed E-state index contributed by atoms with van der Waals surface area (Å²) in [6, 6.07) is 7.20. The molecule has 1 aromatic carbocycles. The van der Waals surface area contributed by atoms with Crippen molar-refractivity contribution in [2.75, 3.05) is 24.6 Å². The molecule has 0 aliphatic carbocycles. The van der Waals surface area contributed by atoms with Crippen molar-refractivity contribution in [2.45, 2.75) is 6.92 Å². The van der Waals surface area contributed by atoms with Crippen LogP contribution >= 0.6 is 0 Å². The minimum absolute atomic E-state index is 0.0174. The second-order valence-corrected chi connectivity index (χ2v) is 3.69. The summed E-state index contributed by atoms with van der Waals surface area (Å²) in [5, 5.41) is 2.67. The lowest BCUT2D eigenvalue weighted by Crippen LogP contribution is -2.45. The first-order chi connectivity index (χ1) is 8.22. The summed E-state index contributed by atoms with van der Waals surface area (Å²) < 4.78 is 5.28. The van der Waals surface area contributed by atoms with Gasteiger partial charge in [0.1, 0.15) is 12.3 Å². The number of nitrogens with zero attached hydrogens (tertiary/aromatic N) is 1. The highest BCUT2D eigenvalue weighted by molar-refractivity contribution is 6.02. The Kier molecular flexibility index (Phi) is 3.27. The molecule has 2 rings (SSSR count). The SMILES string of the molecule is CCNC(=O)CN1C(=O)COc2ccccc21. The molecule has 0 spiro atoms. The molecule has 17 heavy (non-hydrogen) atoms. The molecule has 1 heterocycles. The third-order valence-electron chi connectivity index (χ3n) is 2.48. The van der Waals surface area contributed by atoms with Crippen molar-refractivity contribution < 1.29 is 14.3 Å². The highest BCUT2D eigenvalue weighted by Crippen LogP contribution is 2.30. The van der Waals surface area contributed by atoms with Crippen LogP contribution < -0.4 is 15.0 Å². The maximum absolute atomic E-state index is 11.7. The van der Waals surface area contributed by atoms with E-state index in [4.69, 9.17) is 4.74 Å². The van der Waals surface area contributed by atoms with Gasteiger partial charge in [0.25, 0.3) is 5.91 Å². The van der Waals surface area contributed by atoms with Crippen LogP contribution in [0.15, 0.2) is 24.3 Å². The number of benzene rings is 1. The monoisotopic (exact) mass is 234 g/mol. The van der Waals surface area contributed by atoms with E-state index < -0.39 is 0 Å². The number of ether oxygens (including phenoxy) is 1. The Morgan fingerprint density at radius 3 is 3.00 bits per heavy atom. The maximum Gasteiger partial charge on any atom is 0.265 e. The fourth-order valence-corrected chi connectivity index (χ4v) is 1.72. The first kappa shape index (κ1) is 11.4. The Morgan fingerprint density at radius 1 is 1.47 bits per heavy atom. The van der Waals surface area contributed by atoms with E-state index in [1.807, 2.05) is 19.1 Å². The average Bonchev–Trinajstić information content (AvgIpc) is 2.33. The van der Waals surface area contributed by atoms with Crippen molar-refractivity contribution >= 4 is 17.5 Å². The topological polar surface area (TPSA) is 58.6 Å². The van der Waals surface area contributed by atoms with Crippen LogP contribution in [0.25, 0.3) is 0 Å². The summed E-state index contributed by atoms with van der Waals surface area (Å²) in [4.78, 5) is 24.7. The molecule has 0 bridgehead atoms. The van der Waals surface area contributed by atoms with Crippen LogP contribution in [0.1, 0.15) is 6.92 Å². The van der Waals surface area contributed by atoms with Crippen LogP contribution in [0.4, 0.5) is 5.69 Å². The molecule has 1 aliphatic rings. The standard InChI is InChI=1S/C12H14N2O3/c1-2-13-11(15)7-14-9-5-3-4-6-10(9)17-8-12(14)16/h3-6H,2,7-8H2,1H3,(H,13,15). The van der Waals surface area contributed by atoms with Crippen molar-refractivity contribution in [2.24, 2.45) is 0 Å². The molecule has 0 saturated carbocycles. The summed E-state index contributed by atoms with van der Waals surface area (Å²) in [7, 11) is 0. The van der Waals surface area contributed by atoms with E-state index in [1.165, 1.54) is 4.90 Å². The fourth-order valence-electron chi connectivity index (χ4n) is 1.72. The summed E-state index contributed by atoms with van der Waals surface area (Å²) in [5.41, 5.74) is 0.648. The van der Waals surface area contributed by atoms with Crippen LogP contribution in [-0.4, -0.2) is 31.5 Å². The summed E-state index contributed by atoms with van der Waals surface area (Å²) in [5.74, 6) is 0.268. The number of likely N-dealkylation sites (N-methyl/N-ethyl adjacent to an activating group) is 1. The van der Waals surface area contributed by atoms with Crippen molar-refractivity contribution in [3.8, 4) is 5.75 Å². The molecule has 0 aromatic heterocycles. The Labute approximate surface area is 99.4 Å². The number of fused-ring (bicyclic) bond motifs is 1. The van der Waals surface area contributed by atoms with E-state index in [2.05, 4.69) is 5.32 Å². The van der Waals surface area contributed by atoms with Gasteiger partial charge in [0, 0.05) is 6.54 Å². The Morgan fingerprint density at radius 2 is 2.24 bits per heavy atom. The zero-order valence-corrected chi connectivity index (χ0v) is 9.60. The number of anilines is 1. The molecule has 2 amide bonds. The quantitative estimate of drug-likeness (QED) is 0.830. The molecule has 0 unspecified atom stereocenters. The third-order valence-corrected chi connectivity index (χ3v) is 2.48. The second kappa shape index (κ2) is 4.86. The minimum Gasteiger partial charge on any atom is -0.482 e. The van der Waals surface area contributed by atoms with Gasteiger partial charge in [-0.1, -0.05) is 12.1 Å². The van der Waals surface area contributed by atoms with Crippen LogP contribution in [0.2, 0.25) is 0 Å². The molecule has 90 valence electrons. The van der Waals surface area contributed by atoms with Gasteiger partial charge < -0.3 is 10.1 Å². The van der Waals surface area contributed by atoms with Crippen LogP contribution in [0, 0.1) is 0 Å². The van der Waals surface area contributed by atoms with Crippen LogP contribution in [0.3, 0.4) is 0 Å². The van der Waals surface area contributed by atoms with Gasteiger partial charge in [0.15, 0.2) is 6.61 Å². The molecule has 0 saturated heterocycles. The molecule has 0 radical (unpaired) electrons. The Hall–Kier alpha value is -2.04. The first-order valence-corrected chi connectivity index (χ1v) is 5.51. The lowest BCUT2D eigenvalue weighted by atomic mass is 10.2. The lowest BCUT2D eigenvalue weighted by molar-refractivity contribution is -0.125. The highest BCUT2D eigenvalue weighted by atomic mass is 16.5. The second-order valence-electron chi connectivity index (χ2n) is 3.69. The molecule has 1 aliphatic heterocycles. The van der Waals surface area contributed by atoms with Gasteiger partial charge in [-0.25, -0.2) is 0 Å². The summed E-state index contributed by atoms with van der Waals surface area (Å²) in [6.45, 7) is 2.41. The number of hydrogen-bond donors (Lipinski definition) is 1. The third kappa shape index (κ3) is 2.38. The number of para-hydroxylation sites is 2. The number of nitrogens with one attached hydrogen (secondary N) is 1. The maximum atomic E-state index is 11.7. The molecule has 0 atom stereocenters. The van der Waals surface area contributed by atoms with Crippen LogP contribution in [-0.2, 0) is 9.59 Å². The van der Waals surface area contributed by atoms with Gasteiger partial charge in [-0.05, 0) is 19.1 Å². The molecule has 5 heteroatoms. The zero-order valence-electron chi connectivity index (χ0n) is 9.60. The molecule has 0 fully saturated rings. The van der Waals surface area contributed by atoms with Gasteiger partial charge >= 0.3 is 0 Å². The molecular formula is C12H14N2O3. The molecule has 1 N–H and O–H groups in total. The van der Waals surface area contributed by atoms with Gasteiger partial charge in [-0.15, -0.1) is 0 Å². The Bertz CT molecular complexity index is 445. The number of rotatable bonds is 3. The minimum atomic E-state index is -0.199. The molecular weight excluding hydrogens is 220 g/mol. The van der Waals surface area contributed by atoms with Crippen molar-refractivity contribution in [1.29, 1.82) is 0 Å². The van der Waals surface area contributed by atoms with Crippen molar-refractivity contribution in [3.05, 3.63) is 24.3 Å². The van der Waals surface area contributed by atoms with Gasteiger partial charge in [-0.2, -0.15) is 0 Å². The van der Waals surface area contributed by atoms with E-state index in [9.17, 15) is 9.59 Å². The van der Waals surface area contributed by atoms with E-state index in [-0.39, 0.29) is 25.0 Å². The normalized spacial score (nSPS) is 13.9. The number of carbonyl (C=O) groups excluding carboxylic acids is 2. The average molecular weight is 234 g/mol. The lowest BCUT2D eigenvalue weighted by Gasteiger charge is -2.28. The van der Waals surface area contributed by atoms with Gasteiger partial charge in [-0.3, -0.25) is 14.5 Å². The van der Waals surface area contributed by atoms with Gasteiger partial charge in [0.2, 0.25) is 5.91 Å². The molecule has 1 aromatic rings. The Balaban J connectivity index is 2.21. The van der Waals surface area contributed by atoms with Gasteiger partial charge in [0.05, 0.1) is 5.69 Å². The first-order valence-electron chi connectivity index (χ1n) is 5.51. The summed E-state index contributed by atoms with van der Waals surface area (Å²) in [6.07, 6.45) is 0. The van der Waals surface area contributed by atoms with E-state index >= 15 is 0 Å². The number of carbonyl (C=O) groups is 2. The van der Waals surface area contributed by atoms with E-state index in [0.29, 0.717) is 18.0 Å².